The van der Waals surface area contributed by atoms with Gasteiger partial charge in [-0.1, -0.05) is 10.3 Å². The largest absolute Gasteiger partial charge is 0.360 e. The molecular weight excluding hydrogens is 260 g/mol. The van der Waals surface area contributed by atoms with Crippen molar-refractivity contribution in [3.05, 3.63) is 35.3 Å². The molecule has 0 aliphatic rings. The molecule has 3 aromatic rings. The van der Waals surface area contributed by atoms with E-state index in [2.05, 4.69) is 20.3 Å². The van der Waals surface area contributed by atoms with Crippen LogP contribution in [0.25, 0.3) is 11.6 Å². The molecule has 3 aromatic heterocycles. The highest BCUT2D eigenvalue weighted by atomic mass is 16.5. The maximum Gasteiger partial charge on any atom is 0.238 e. The van der Waals surface area contributed by atoms with E-state index in [0.717, 1.165) is 0 Å². The first-order valence-corrected chi connectivity index (χ1v) is 5.84. The number of aromatic nitrogens is 5. The smallest absolute Gasteiger partial charge is 0.238 e. The summed E-state index contributed by atoms with van der Waals surface area (Å²) in [4.78, 5) is 8.38. The summed E-state index contributed by atoms with van der Waals surface area (Å²) in [5, 5.41) is 16.7. The Balaban J connectivity index is 1.88. The maximum absolute atomic E-state index is 9.03. The first-order chi connectivity index (χ1) is 9.69. The van der Waals surface area contributed by atoms with Crippen LogP contribution in [0.3, 0.4) is 0 Å². The minimum Gasteiger partial charge on any atom is -0.360 e. The molecule has 0 radical (unpaired) electrons. The van der Waals surface area contributed by atoms with Crippen LogP contribution in [0.4, 0.5) is 0 Å². The van der Waals surface area contributed by atoms with Crippen molar-refractivity contribution in [2.45, 2.75) is 13.3 Å². The van der Waals surface area contributed by atoms with Gasteiger partial charge in [0.05, 0.1) is 6.42 Å². The number of nitrogens with zero attached hydrogens (tertiary/aromatic N) is 6. The first-order valence-electron chi connectivity index (χ1n) is 5.84. The molecule has 100 valence electrons. The van der Waals surface area contributed by atoms with E-state index in [1.165, 1.54) is 0 Å². The Morgan fingerprint density at radius 2 is 2.20 bits per heavy atom. The lowest BCUT2D eigenvalue weighted by atomic mass is 10.2. The van der Waals surface area contributed by atoms with E-state index in [1.807, 2.05) is 13.1 Å². The van der Waals surface area contributed by atoms with Crippen LogP contribution < -0.4 is 0 Å². The summed E-state index contributed by atoms with van der Waals surface area (Å²) in [6.45, 7) is 1.68. The molecule has 0 bridgehead atoms. The average molecular weight is 270 g/mol. The minimum atomic E-state index is 0.248. The van der Waals surface area contributed by atoms with Gasteiger partial charge in [0.1, 0.15) is 17.3 Å². The Kier molecular flexibility index (Phi) is 2.80. The molecular formula is C12H10N6O2. The Bertz CT molecular complexity index is 791. The molecule has 0 N–H and O–H groups in total. The highest BCUT2D eigenvalue weighted by Gasteiger charge is 2.18. The number of hydrogen-bond acceptors (Lipinski definition) is 7. The van der Waals surface area contributed by atoms with Gasteiger partial charge < -0.3 is 13.6 Å². The van der Waals surface area contributed by atoms with E-state index < -0.39 is 0 Å². The zero-order chi connectivity index (χ0) is 14.1. The zero-order valence-electron chi connectivity index (χ0n) is 10.9. The molecule has 0 aliphatic carbocycles. The van der Waals surface area contributed by atoms with Gasteiger partial charge in [-0.3, -0.25) is 0 Å². The van der Waals surface area contributed by atoms with E-state index in [-0.39, 0.29) is 6.42 Å². The second kappa shape index (κ2) is 4.62. The molecule has 0 amide bonds. The molecule has 0 spiro atoms. The standard InChI is InChI=1S/C12H10N6O2/c1-7-8(6-13)9(16-19-7)5-10-15-11(17-20-10)12-14-3-4-18(12)2/h3-4H,5H2,1-2H3. The summed E-state index contributed by atoms with van der Waals surface area (Å²) in [7, 11) is 1.84. The Labute approximate surface area is 113 Å². The number of nitriles is 1. The lowest BCUT2D eigenvalue weighted by Crippen LogP contribution is -1.95. The number of hydrogen-bond donors (Lipinski definition) is 0. The molecule has 3 heterocycles. The zero-order valence-corrected chi connectivity index (χ0v) is 10.9. The second-order valence-electron chi connectivity index (χ2n) is 4.22. The summed E-state index contributed by atoms with van der Waals surface area (Å²) >= 11 is 0. The van der Waals surface area contributed by atoms with Gasteiger partial charge in [0.2, 0.25) is 11.7 Å². The highest BCUT2D eigenvalue weighted by molar-refractivity contribution is 5.42. The third-order valence-corrected chi connectivity index (χ3v) is 2.85. The summed E-state index contributed by atoms with van der Waals surface area (Å²) in [6, 6.07) is 2.05. The van der Waals surface area contributed by atoms with Crippen LogP contribution in [-0.2, 0) is 13.5 Å². The summed E-state index contributed by atoms with van der Waals surface area (Å²) in [6.07, 6.45) is 3.69. The summed E-state index contributed by atoms with van der Waals surface area (Å²) in [5.41, 5.74) is 0.891. The number of rotatable bonds is 3. The third kappa shape index (κ3) is 1.95. The van der Waals surface area contributed by atoms with Gasteiger partial charge in [0.25, 0.3) is 0 Å². The molecule has 0 fully saturated rings. The SMILES string of the molecule is Cc1onc(Cc2nc(-c3nccn3C)no2)c1C#N. The summed E-state index contributed by atoms with van der Waals surface area (Å²) in [5.74, 6) is 1.84. The molecule has 0 saturated carbocycles. The van der Waals surface area contributed by atoms with Crippen LogP contribution >= 0.6 is 0 Å². The van der Waals surface area contributed by atoms with Gasteiger partial charge in [-0.2, -0.15) is 10.2 Å². The normalized spacial score (nSPS) is 10.7. The first kappa shape index (κ1) is 12.1. The fourth-order valence-corrected chi connectivity index (χ4v) is 1.82. The van der Waals surface area contributed by atoms with Crippen LogP contribution in [0.5, 0.6) is 0 Å². The van der Waals surface area contributed by atoms with E-state index in [4.69, 9.17) is 14.3 Å². The van der Waals surface area contributed by atoms with Crippen molar-refractivity contribution >= 4 is 0 Å². The molecule has 8 nitrogen and oxygen atoms in total. The Morgan fingerprint density at radius 3 is 2.90 bits per heavy atom. The fourth-order valence-electron chi connectivity index (χ4n) is 1.82. The number of aryl methyl sites for hydroxylation is 2. The van der Waals surface area contributed by atoms with Gasteiger partial charge in [-0.05, 0) is 6.92 Å². The molecule has 0 aliphatic heterocycles. The highest BCUT2D eigenvalue weighted by Crippen LogP contribution is 2.17. The van der Waals surface area contributed by atoms with Gasteiger partial charge in [0.15, 0.2) is 11.6 Å². The van der Waals surface area contributed by atoms with Crippen molar-refractivity contribution in [3.63, 3.8) is 0 Å². The second-order valence-corrected chi connectivity index (χ2v) is 4.22. The molecule has 3 rings (SSSR count). The molecule has 20 heavy (non-hydrogen) atoms. The van der Waals surface area contributed by atoms with E-state index in [0.29, 0.717) is 34.6 Å². The van der Waals surface area contributed by atoms with Gasteiger partial charge in [0, 0.05) is 19.4 Å². The van der Waals surface area contributed by atoms with Crippen LogP contribution in [0.1, 0.15) is 22.9 Å². The van der Waals surface area contributed by atoms with Crippen LogP contribution in [-0.4, -0.2) is 24.8 Å². The molecule has 0 atom stereocenters. The van der Waals surface area contributed by atoms with Crippen LogP contribution in [0.15, 0.2) is 21.4 Å². The minimum absolute atomic E-state index is 0.248. The number of imidazole rings is 1. The van der Waals surface area contributed by atoms with Gasteiger partial charge >= 0.3 is 0 Å². The van der Waals surface area contributed by atoms with Crippen molar-refractivity contribution in [2.24, 2.45) is 7.05 Å². The topological polar surface area (TPSA) is 107 Å². The molecule has 8 heteroatoms. The Hall–Kier alpha value is -2.95. The monoisotopic (exact) mass is 270 g/mol. The molecule has 0 unspecified atom stereocenters. The third-order valence-electron chi connectivity index (χ3n) is 2.85. The Morgan fingerprint density at radius 1 is 1.35 bits per heavy atom. The van der Waals surface area contributed by atoms with E-state index >= 15 is 0 Å². The van der Waals surface area contributed by atoms with Gasteiger partial charge in [-0.25, -0.2) is 4.98 Å². The van der Waals surface area contributed by atoms with E-state index in [9.17, 15) is 0 Å². The lowest BCUT2D eigenvalue weighted by Gasteiger charge is -1.92. The van der Waals surface area contributed by atoms with Crippen molar-refractivity contribution < 1.29 is 9.05 Å². The molecule has 0 aromatic carbocycles. The van der Waals surface area contributed by atoms with Crippen LogP contribution in [0.2, 0.25) is 0 Å². The van der Waals surface area contributed by atoms with Crippen LogP contribution in [0, 0.1) is 18.3 Å². The quantitative estimate of drug-likeness (QED) is 0.704. The maximum atomic E-state index is 9.03. The predicted octanol–water partition coefficient (Wildman–Crippen LogP) is 1.23. The van der Waals surface area contributed by atoms with Crippen molar-refractivity contribution in [1.29, 1.82) is 5.26 Å². The van der Waals surface area contributed by atoms with Gasteiger partial charge in [-0.15, -0.1) is 0 Å². The van der Waals surface area contributed by atoms with E-state index in [1.54, 1.807) is 23.9 Å². The summed E-state index contributed by atoms with van der Waals surface area (Å²) < 4.78 is 11.9. The van der Waals surface area contributed by atoms with Crippen molar-refractivity contribution in [1.82, 2.24) is 24.8 Å². The van der Waals surface area contributed by atoms with Crippen molar-refractivity contribution in [3.8, 4) is 17.7 Å². The average Bonchev–Trinajstić information content (AvgIpc) is 3.11. The van der Waals surface area contributed by atoms with Crippen molar-refractivity contribution in [2.75, 3.05) is 0 Å². The lowest BCUT2D eigenvalue weighted by molar-refractivity contribution is 0.371. The predicted molar refractivity (Wildman–Crippen MR) is 65.3 cm³/mol. The fraction of sp³-hybridized carbons (Fsp3) is 0.250. The molecule has 0 saturated heterocycles.